The number of carboxylic acid groups (broad SMARTS) is 1. The van der Waals surface area contributed by atoms with E-state index in [9.17, 15) is 20.0 Å². The number of carbonyl (C=O) groups excluding carboxylic acids is 1. The summed E-state index contributed by atoms with van der Waals surface area (Å²) in [6.07, 6.45) is 0. The Hall–Kier alpha value is -2.31. The molecule has 0 spiro atoms. The third-order valence-electron chi connectivity index (χ3n) is 2.91. The molecule has 0 fully saturated rings. The van der Waals surface area contributed by atoms with Gasteiger partial charge in [0.05, 0.1) is 10.9 Å². The maximum atomic E-state index is 11.0. The van der Waals surface area contributed by atoms with Crippen molar-refractivity contribution in [2.24, 2.45) is 0 Å². The van der Waals surface area contributed by atoms with Crippen molar-refractivity contribution in [2.75, 3.05) is 5.32 Å². The molecule has 2 aromatic rings. The normalized spacial score (nSPS) is 10.3. The number of hydrogen-bond donors (Lipinski definition) is 1. The molecule has 0 atom stereocenters. The van der Waals surface area contributed by atoms with Crippen LogP contribution >= 0.6 is 23.2 Å². The molecular formula is C14H9Cl2N2O4-. The first-order chi connectivity index (χ1) is 10.4. The van der Waals surface area contributed by atoms with Crippen LogP contribution in [0.2, 0.25) is 10.0 Å². The zero-order valence-corrected chi connectivity index (χ0v) is 12.5. The average Bonchev–Trinajstić information content (AvgIpc) is 2.45. The summed E-state index contributed by atoms with van der Waals surface area (Å²) in [5.41, 5.74) is 0.335. The van der Waals surface area contributed by atoms with Crippen molar-refractivity contribution < 1.29 is 14.8 Å². The first-order valence-electron chi connectivity index (χ1n) is 6.06. The van der Waals surface area contributed by atoms with Crippen LogP contribution in [0.15, 0.2) is 36.4 Å². The van der Waals surface area contributed by atoms with Gasteiger partial charge in [-0.3, -0.25) is 10.1 Å². The van der Waals surface area contributed by atoms with Gasteiger partial charge in [-0.1, -0.05) is 29.3 Å². The fourth-order valence-corrected chi connectivity index (χ4v) is 2.29. The molecule has 0 unspecified atom stereocenters. The van der Waals surface area contributed by atoms with E-state index >= 15 is 0 Å². The number of nitro benzene ring substituents is 1. The topological polar surface area (TPSA) is 95.3 Å². The van der Waals surface area contributed by atoms with E-state index in [1.165, 1.54) is 0 Å². The number of anilines is 1. The number of carboxylic acids is 1. The van der Waals surface area contributed by atoms with Gasteiger partial charge in [-0.15, -0.1) is 0 Å². The highest BCUT2D eigenvalue weighted by Gasteiger charge is 2.14. The van der Waals surface area contributed by atoms with Crippen LogP contribution in [0, 0.1) is 10.1 Å². The summed E-state index contributed by atoms with van der Waals surface area (Å²) in [4.78, 5) is 21.2. The molecule has 0 saturated heterocycles. The largest absolute Gasteiger partial charge is 0.545 e. The van der Waals surface area contributed by atoms with Gasteiger partial charge in [-0.2, -0.15) is 0 Å². The van der Waals surface area contributed by atoms with E-state index in [2.05, 4.69) is 5.32 Å². The minimum Gasteiger partial charge on any atom is -0.545 e. The molecule has 22 heavy (non-hydrogen) atoms. The molecule has 0 bridgehead atoms. The summed E-state index contributed by atoms with van der Waals surface area (Å²) < 4.78 is 0. The second-order valence-electron chi connectivity index (χ2n) is 4.37. The molecular weight excluding hydrogens is 331 g/mol. The lowest BCUT2D eigenvalue weighted by Crippen LogP contribution is -2.22. The number of carbonyl (C=O) groups is 1. The predicted molar refractivity (Wildman–Crippen MR) is 81.2 cm³/mol. The first kappa shape index (κ1) is 16.1. The van der Waals surface area contributed by atoms with Crippen LogP contribution in [0.5, 0.6) is 0 Å². The van der Waals surface area contributed by atoms with Crippen molar-refractivity contribution >= 4 is 40.5 Å². The van der Waals surface area contributed by atoms with Gasteiger partial charge in [0.2, 0.25) is 0 Å². The van der Waals surface area contributed by atoms with E-state index in [0.717, 1.165) is 18.2 Å². The van der Waals surface area contributed by atoms with Crippen LogP contribution in [0.25, 0.3) is 0 Å². The van der Waals surface area contributed by atoms with E-state index in [1.54, 1.807) is 18.2 Å². The molecule has 0 aliphatic heterocycles. The Bertz CT molecular complexity index is 750. The Kier molecular flexibility index (Phi) is 4.85. The third-order valence-corrected chi connectivity index (χ3v) is 3.50. The van der Waals surface area contributed by atoms with Crippen LogP contribution in [0.1, 0.15) is 15.9 Å². The molecule has 0 aliphatic rings. The molecule has 114 valence electrons. The van der Waals surface area contributed by atoms with Crippen molar-refractivity contribution in [1.29, 1.82) is 0 Å². The van der Waals surface area contributed by atoms with Crippen LogP contribution in [0.4, 0.5) is 11.4 Å². The van der Waals surface area contributed by atoms with Gasteiger partial charge in [-0.25, -0.2) is 0 Å². The van der Waals surface area contributed by atoms with Crippen molar-refractivity contribution in [2.45, 2.75) is 6.54 Å². The van der Waals surface area contributed by atoms with Crippen LogP contribution in [-0.4, -0.2) is 10.9 Å². The minimum absolute atomic E-state index is 0.0673. The first-order valence-corrected chi connectivity index (χ1v) is 6.81. The van der Waals surface area contributed by atoms with Crippen LogP contribution < -0.4 is 10.4 Å². The highest BCUT2D eigenvalue weighted by atomic mass is 35.5. The second-order valence-corrected chi connectivity index (χ2v) is 5.21. The van der Waals surface area contributed by atoms with Gasteiger partial charge in [0.1, 0.15) is 5.69 Å². The molecule has 1 N–H and O–H groups in total. The SMILES string of the molecule is O=C([O-])c1ccc([N+](=O)[O-])c(NCc2ccc(Cl)cc2Cl)c1. The van der Waals surface area contributed by atoms with Gasteiger partial charge in [-0.05, 0) is 35.4 Å². The number of nitrogens with zero attached hydrogens (tertiary/aromatic N) is 1. The molecule has 6 nitrogen and oxygen atoms in total. The molecule has 0 radical (unpaired) electrons. The molecule has 0 amide bonds. The van der Waals surface area contributed by atoms with E-state index in [1.807, 2.05) is 0 Å². The Morgan fingerprint density at radius 1 is 1.18 bits per heavy atom. The van der Waals surface area contributed by atoms with E-state index in [4.69, 9.17) is 23.2 Å². The number of nitro groups is 1. The summed E-state index contributed by atoms with van der Waals surface area (Å²) in [6, 6.07) is 8.23. The summed E-state index contributed by atoms with van der Waals surface area (Å²) in [5, 5.41) is 25.5. The highest BCUT2D eigenvalue weighted by Crippen LogP contribution is 2.27. The van der Waals surface area contributed by atoms with Gasteiger partial charge >= 0.3 is 0 Å². The van der Waals surface area contributed by atoms with Crippen molar-refractivity contribution in [3.63, 3.8) is 0 Å². The zero-order chi connectivity index (χ0) is 16.3. The molecule has 2 rings (SSSR count). The van der Waals surface area contributed by atoms with Crippen molar-refractivity contribution in [3.05, 3.63) is 67.7 Å². The summed E-state index contributed by atoms with van der Waals surface area (Å²) in [5.74, 6) is -1.41. The van der Waals surface area contributed by atoms with Gasteiger partial charge in [0.25, 0.3) is 5.69 Å². The lowest BCUT2D eigenvalue weighted by atomic mass is 10.1. The summed E-state index contributed by atoms with van der Waals surface area (Å²) in [6.45, 7) is 0.174. The lowest BCUT2D eigenvalue weighted by molar-refractivity contribution is -0.384. The predicted octanol–water partition coefficient (Wildman–Crippen LogP) is 2.88. The molecule has 2 aromatic carbocycles. The molecule has 0 heterocycles. The average molecular weight is 340 g/mol. The minimum atomic E-state index is -1.41. The number of aromatic carboxylic acids is 1. The van der Waals surface area contributed by atoms with E-state index < -0.39 is 10.9 Å². The number of nitrogens with one attached hydrogen (secondary N) is 1. The van der Waals surface area contributed by atoms with Crippen LogP contribution in [0.3, 0.4) is 0 Å². The number of rotatable bonds is 5. The van der Waals surface area contributed by atoms with Gasteiger partial charge in [0.15, 0.2) is 0 Å². The smallest absolute Gasteiger partial charge is 0.292 e. The Morgan fingerprint density at radius 3 is 2.50 bits per heavy atom. The molecule has 0 aliphatic carbocycles. The van der Waals surface area contributed by atoms with Gasteiger partial charge < -0.3 is 15.2 Å². The Morgan fingerprint density at radius 2 is 1.91 bits per heavy atom. The second kappa shape index (κ2) is 6.64. The number of halogens is 2. The van der Waals surface area contributed by atoms with Crippen molar-refractivity contribution in [3.8, 4) is 0 Å². The number of hydrogen-bond acceptors (Lipinski definition) is 5. The third kappa shape index (κ3) is 3.66. The number of benzene rings is 2. The van der Waals surface area contributed by atoms with Crippen molar-refractivity contribution in [1.82, 2.24) is 0 Å². The monoisotopic (exact) mass is 339 g/mol. The summed E-state index contributed by atoms with van der Waals surface area (Å²) in [7, 11) is 0. The quantitative estimate of drug-likeness (QED) is 0.667. The standard InChI is InChI=1S/C14H10Cl2N2O4/c15-10-3-1-9(11(16)6-10)7-17-12-5-8(14(19)20)2-4-13(12)18(21)22/h1-6,17H,7H2,(H,19,20)/p-1. The van der Waals surface area contributed by atoms with E-state index in [0.29, 0.717) is 15.6 Å². The Labute approximate surface area is 135 Å². The maximum Gasteiger partial charge on any atom is 0.292 e. The van der Waals surface area contributed by atoms with Crippen LogP contribution in [-0.2, 0) is 6.54 Å². The maximum absolute atomic E-state index is 11.0. The molecule has 8 heteroatoms. The zero-order valence-electron chi connectivity index (χ0n) is 11.0. The highest BCUT2D eigenvalue weighted by molar-refractivity contribution is 6.35. The summed E-state index contributed by atoms with van der Waals surface area (Å²) >= 11 is 11.8. The lowest BCUT2D eigenvalue weighted by Gasteiger charge is -2.11. The van der Waals surface area contributed by atoms with E-state index in [-0.39, 0.29) is 23.5 Å². The fourth-order valence-electron chi connectivity index (χ4n) is 1.82. The molecule has 0 aromatic heterocycles. The van der Waals surface area contributed by atoms with Gasteiger partial charge in [0, 0.05) is 22.7 Å². The molecule has 0 saturated carbocycles. The Balaban J connectivity index is 2.29. The fraction of sp³-hybridized carbons (Fsp3) is 0.0714.